The van der Waals surface area contributed by atoms with Crippen molar-refractivity contribution in [3.63, 3.8) is 0 Å². The van der Waals surface area contributed by atoms with Crippen molar-refractivity contribution in [1.82, 2.24) is 9.78 Å². The van der Waals surface area contributed by atoms with Gasteiger partial charge in [-0.1, -0.05) is 30.3 Å². The van der Waals surface area contributed by atoms with E-state index in [0.717, 1.165) is 11.4 Å². The Balaban J connectivity index is 2.08. The molecule has 3 rings (SSSR count). The molecule has 0 bridgehead atoms. The zero-order valence-electron chi connectivity index (χ0n) is 9.96. The van der Waals surface area contributed by atoms with Crippen LogP contribution in [-0.2, 0) is 11.8 Å². The van der Waals surface area contributed by atoms with Crippen LogP contribution in [-0.4, -0.2) is 21.4 Å². The van der Waals surface area contributed by atoms with Gasteiger partial charge in [0, 0.05) is 12.6 Å². The van der Waals surface area contributed by atoms with Crippen LogP contribution in [0.3, 0.4) is 0 Å². The smallest absolute Gasteiger partial charge is 0.235 e. The number of hydrogen-bond acceptors (Lipinski definition) is 3. The highest BCUT2D eigenvalue weighted by Gasteiger charge is 2.26. The lowest BCUT2D eigenvalue weighted by Crippen LogP contribution is -2.15. The van der Waals surface area contributed by atoms with Gasteiger partial charge in [0.15, 0.2) is 0 Å². The molecule has 1 atom stereocenters. The molecule has 1 aliphatic heterocycles. The van der Waals surface area contributed by atoms with E-state index < -0.39 is 0 Å². The first-order chi connectivity index (χ1) is 8.75. The summed E-state index contributed by atoms with van der Waals surface area (Å²) in [6.45, 7) is 0. The van der Waals surface area contributed by atoms with E-state index in [-0.39, 0.29) is 11.2 Å². The normalized spacial score (nSPS) is 18.9. The molecule has 1 N–H and O–H groups in total. The molecule has 4 nitrogen and oxygen atoms in total. The monoisotopic (exact) mass is 259 g/mol. The average molecular weight is 259 g/mol. The summed E-state index contributed by atoms with van der Waals surface area (Å²) in [4.78, 5) is 11.7. The molecule has 0 unspecified atom stereocenters. The molecular weight excluding hydrogens is 246 g/mol. The molecule has 0 radical (unpaired) electrons. The summed E-state index contributed by atoms with van der Waals surface area (Å²) < 4.78 is 1.72. The first-order valence-corrected chi connectivity index (χ1v) is 6.79. The van der Waals surface area contributed by atoms with E-state index in [1.165, 1.54) is 5.56 Å². The lowest BCUT2D eigenvalue weighted by molar-refractivity contribution is -0.113. The number of carbonyl (C=O) groups excluding carboxylic acids is 1. The van der Waals surface area contributed by atoms with Gasteiger partial charge in [-0.3, -0.25) is 9.48 Å². The van der Waals surface area contributed by atoms with Crippen LogP contribution in [0.4, 0.5) is 5.82 Å². The number of rotatable bonds is 1. The Morgan fingerprint density at radius 1 is 1.39 bits per heavy atom. The number of thioether (sulfide) groups is 1. The second kappa shape index (κ2) is 4.49. The van der Waals surface area contributed by atoms with Crippen molar-refractivity contribution in [3.05, 3.63) is 47.7 Å². The largest absolute Gasteiger partial charge is 0.310 e. The van der Waals surface area contributed by atoms with Gasteiger partial charge < -0.3 is 5.32 Å². The second-order valence-corrected chi connectivity index (χ2v) is 5.32. The number of benzene rings is 1. The molecule has 5 heteroatoms. The number of carbonyl (C=O) groups is 1. The molecule has 0 fully saturated rings. The molecule has 1 aromatic carbocycles. The Kier molecular flexibility index (Phi) is 2.83. The molecule has 0 saturated heterocycles. The maximum Gasteiger partial charge on any atom is 0.235 e. The number of aromatic nitrogens is 2. The Labute approximate surface area is 109 Å². The third-order valence-electron chi connectivity index (χ3n) is 2.99. The molecule has 2 heterocycles. The molecule has 0 spiro atoms. The van der Waals surface area contributed by atoms with E-state index in [2.05, 4.69) is 22.5 Å². The van der Waals surface area contributed by atoms with Crippen molar-refractivity contribution in [1.29, 1.82) is 0 Å². The van der Waals surface area contributed by atoms with Crippen molar-refractivity contribution < 1.29 is 4.79 Å². The number of nitrogens with zero attached hydrogens (tertiary/aromatic N) is 2. The SMILES string of the molecule is Cn1ncc2c1NC(=O)CS[C@@H]2c1ccccc1. The van der Waals surface area contributed by atoms with E-state index >= 15 is 0 Å². The highest BCUT2D eigenvalue weighted by molar-refractivity contribution is 8.00. The Hall–Kier alpha value is -1.75. The summed E-state index contributed by atoms with van der Waals surface area (Å²) in [5, 5.41) is 7.31. The summed E-state index contributed by atoms with van der Waals surface area (Å²) in [5.41, 5.74) is 2.27. The van der Waals surface area contributed by atoms with Crippen LogP contribution in [0.25, 0.3) is 0 Å². The van der Waals surface area contributed by atoms with E-state index in [0.29, 0.717) is 5.75 Å². The maximum atomic E-state index is 11.7. The van der Waals surface area contributed by atoms with Crippen molar-refractivity contribution in [2.24, 2.45) is 7.05 Å². The zero-order valence-corrected chi connectivity index (χ0v) is 10.8. The van der Waals surface area contributed by atoms with Crippen LogP contribution < -0.4 is 5.32 Å². The molecule has 1 amide bonds. The minimum atomic E-state index is 0.0308. The van der Waals surface area contributed by atoms with Crippen LogP contribution >= 0.6 is 11.8 Å². The molecule has 1 aromatic heterocycles. The van der Waals surface area contributed by atoms with E-state index in [4.69, 9.17) is 0 Å². The van der Waals surface area contributed by atoms with Crippen molar-refractivity contribution >= 4 is 23.5 Å². The number of hydrogen-bond donors (Lipinski definition) is 1. The summed E-state index contributed by atoms with van der Waals surface area (Å²) in [6, 6.07) is 10.2. The van der Waals surface area contributed by atoms with Crippen LogP contribution in [0.15, 0.2) is 36.5 Å². The predicted octanol–water partition coefficient (Wildman–Crippen LogP) is 2.19. The molecule has 18 heavy (non-hydrogen) atoms. The number of fused-ring (bicyclic) bond motifs is 1. The molecular formula is C13H13N3OS. The number of nitrogens with one attached hydrogen (secondary N) is 1. The summed E-state index contributed by atoms with van der Waals surface area (Å²) in [6.07, 6.45) is 1.84. The van der Waals surface area contributed by atoms with E-state index in [9.17, 15) is 4.79 Å². The molecule has 0 saturated carbocycles. The molecule has 2 aromatic rings. The lowest BCUT2D eigenvalue weighted by Gasteiger charge is -2.13. The second-order valence-electron chi connectivity index (χ2n) is 4.22. The maximum absolute atomic E-state index is 11.7. The molecule has 1 aliphatic rings. The third kappa shape index (κ3) is 1.90. The first-order valence-electron chi connectivity index (χ1n) is 5.74. The highest BCUT2D eigenvalue weighted by Crippen LogP contribution is 2.40. The standard InChI is InChI=1S/C13H13N3OS/c1-16-13-10(7-14-16)12(18-8-11(17)15-13)9-5-3-2-4-6-9/h2-7,12H,8H2,1H3,(H,15,17)/t12-/m1/s1. The summed E-state index contributed by atoms with van der Waals surface area (Å²) >= 11 is 1.64. The van der Waals surface area contributed by atoms with E-state index in [1.54, 1.807) is 16.4 Å². The van der Waals surface area contributed by atoms with Crippen molar-refractivity contribution in [2.75, 3.05) is 11.1 Å². The summed E-state index contributed by atoms with van der Waals surface area (Å²) in [7, 11) is 1.84. The van der Waals surface area contributed by atoms with Gasteiger partial charge in [0.1, 0.15) is 5.82 Å². The fourth-order valence-corrected chi connectivity index (χ4v) is 3.21. The molecule has 92 valence electrons. The van der Waals surface area contributed by atoms with Crippen LogP contribution in [0, 0.1) is 0 Å². The highest BCUT2D eigenvalue weighted by atomic mass is 32.2. The number of anilines is 1. The van der Waals surface area contributed by atoms with Crippen molar-refractivity contribution in [3.8, 4) is 0 Å². The Morgan fingerprint density at radius 2 is 2.17 bits per heavy atom. The zero-order chi connectivity index (χ0) is 12.5. The van der Waals surface area contributed by atoms with Gasteiger partial charge in [0.2, 0.25) is 5.91 Å². The Bertz CT molecular complexity index is 579. The average Bonchev–Trinajstić information content (AvgIpc) is 2.65. The van der Waals surface area contributed by atoms with Gasteiger partial charge in [-0.25, -0.2) is 0 Å². The topological polar surface area (TPSA) is 46.9 Å². The van der Waals surface area contributed by atoms with E-state index in [1.807, 2.05) is 31.4 Å². The number of amides is 1. The van der Waals surface area contributed by atoms with Crippen LogP contribution in [0.2, 0.25) is 0 Å². The van der Waals surface area contributed by atoms with Gasteiger partial charge in [0.05, 0.1) is 17.2 Å². The first kappa shape index (κ1) is 11.3. The van der Waals surface area contributed by atoms with Crippen LogP contribution in [0.1, 0.15) is 16.4 Å². The fraction of sp³-hybridized carbons (Fsp3) is 0.231. The van der Waals surface area contributed by atoms with Gasteiger partial charge in [0.25, 0.3) is 0 Å². The quantitative estimate of drug-likeness (QED) is 0.854. The summed E-state index contributed by atoms with van der Waals surface area (Å²) in [5.74, 6) is 1.30. The minimum Gasteiger partial charge on any atom is -0.310 e. The van der Waals surface area contributed by atoms with Gasteiger partial charge in [-0.15, -0.1) is 11.8 Å². The predicted molar refractivity (Wildman–Crippen MR) is 72.6 cm³/mol. The van der Waals surface area contributed by atoms with Crippen molar-refractivity contribution in [2.45, 2.75) is 5.25 Å². The van der Waals surface area contributed by atoms with Crippen LogP contribution in [0.5, 0.6) is 0 Å². The third-order valence-corrected chi connectivity index (χ3v) is 4.28. The lowest BCUT2D eigenvalue weighted by atomic mass is 10.1. The number of aryl methyl sites for hydroxylation is 1. The molecule has 0 aliphatic carbocycles. The fourth-order valence-electron chi connectivity index (χ4n) is 2.12. The van der Waals surface area contributed by atoms with Gasteiger partial charge >= 0.3 is 0 Å². The van der Waals surface area contributed by atoms with Gasteiger partial charge in [-0.2, -0.15) is 5.10 Å². The minimum absolute atomic E-state index is 0.0308. The van der Waals surface area contributed by atoms with Gasteiger partial charge in [-0.05, 0) is 5.56 Å². The Morgan fingerprint density at radius 3 is 2.94 bits per heavy atom.